The Morgan fingerprint density at radius 2 is 2.00 bits per heavy atom. The van der Waals surface area contributed by atoms with E-state index >= 15 is 0 Å². The van der Waals surface area contributed by atoms with Gasteiger partial charge in [0.2, 0.25) is 0 Å². The van der Waals surface area contributed by atoms with E-state index in [1.54, 1.807) is 35.1 Å². The predicted molar refractivity (Wildman–Crippen MR) is 121 cm³/mol. The van der Waals surface area contributed by atoms with Crippen molar-refractivity contribution in [1.82, 2.24) is 24.9 Å². The highest BCUT2D eigenvalue weighted by atomic mass is 79.9. The van der Waals surface area contributed by atoms with Crippen LogP contribution >= 0.6 is 15.9 Å². The predicted octanol–water partition coefficient (Wildman–Crippen LogP) is 4.87. The molecule has 4 rings (SSSR count). The third kappa shape index (κ3) is 5.08. The number of aryl methyl sites for hydroxylation is 1. The summed E-state index contributed by atoms with van der Waals surface area (Å²) in [7, 11) is 1.78. The molecule has 6 nitrogen and oxygen atoms in total. The summed E-state index contributed by atoms with van der Waals surface area (Å²) in [5.74, 6) is -0.362. The van der Waals surface area contributed by atoms with E-state index in [4.69, 9.17) is 0 Å². The van der Waals surface area contributed by atoms with Crippen molar-refractivity contribution in [2.45, 2.75) is 12.8 Å². The lowest BCUT2D eigenvalue weighted by Gasteiger charge is -2.15. The summed E-state index contributed by atoms with van der Waals surface area (Å²) >= 11 is 3.41. The van der Waals surface area contributed by atoms with Crippen LogP contribution < -0.4 is 0 Å². The first-order chi connectivity index (χ1) is 15.0. The molecule has 1 amide bonds. The van der Waals surface area contributed by atoms with Gasteiger partial charge in [0, 0.05) is 35.5 Å². The SMILES string of the molecule is CN(CCCc1cc(-c2cccc(F)c2)n[nH]1)C(=O)c1cnn(-c2ccc(Br)cc2)c1. The highest BCUT2D eigenvalue weighted by Crippen LogP contribution is 2.19. The van der Waals surface area contributed by atoms with Crippen LogP contribution in [0.15, 0.2) is 71.5 Å². The molecule has 0 spiro atoms. The van der Waals surface area contributed by atoms with Crippen molar-refractivity contribution in [2.75, 3.05) is 13.6 Å². The van der Waals surface area contributed by atoms with Crippen LogP contribution in [0.5, 0.6) is 0 Å². The van der Waals surface area contributed by atoms with Crippen LogP contribution in [0.25, 0.3) is 16.9 Å². The lowest BCUT2D eigenvalue weighted by Crippen LogP contribution is -2.27. The zero-order valence-electron chi connectivity index (χ0n) is 16.9. The van der Waals surface area contributed by atoms with Gasteiger partial charge in [0.25, 0.3) is 5.91 Å². The molecule has 0 aliphatic rings. The van der Waals surface area contributed by atoms with Crippen molar-refractivity contribution in [2.24, 2.45) is 0 Å². The molecule has 0 unspecified atom stereocenters. The number of carbonyl (C=O) groups is 1. The zero-order valence-corrected chi connectivity index (χ0v) is 18.5. The number of hydrogen-bond donors (Lipinski definition) is 1. The molecule has 8 heteroatoms. The number of aromatic amines is 1. The second-order valence-electron chi connectivity index (χ2n) is 7.27. The molecule has 2 heterocycles. The van der Waals surface area contributed by atoms with Gasteiger partial charge < -0.3 is 4.90 Å². The van der Waals surface area contributed by atoms with Crippen molar-refractivity contribution >= 4 is 21.8 Å². The average Bonchev–Trinajstić information content (AvgIpc) is 3.44. The molecule has 0 aliphatic heterocycles. The average molecular weight is 482 g/mol. The Labute approximate surface area is 187 Å². The van der Waals surface area contributed by atoms with Gasteiger partial charge in [-0.3, -0.25) is 9.89 Å². The lowest BCUT2D eigenvalue weighted by molar-refractivity contribution is 0.0793. The second-order valence-corrected chi connectivity index (χ2v) is 8.18. The molecule has 2 aromatic heterocycles. The van der Waals surface area contributed by atoms with Gasteiger partial charge in [-0.1, -0.05) is 28.1 Å². The lowest BCUT2D eigenvalue weighted by atomic mass is 10.1. The van der Waals surface area contributed by atoms with Gasteiger partial charge in [-0.05, 0) is 55.3 Å². The van der Waals surface area contributed by atoms with Crippen LogP contribution in [0.1, 0.15) is 22.5 Å². The highest BCUT2D eigenvalue weighted by molar-refractivity contribution is 9.10. The highest BCUT2D eigenvalue weighted by Gasteiger charge is 2.14. The first-order valence-corrected chi connectivity index (χ1v) is 10.7. The van der Waals surface area contributed by atoms with E-state index in [9.17, 15) is 9.18 Å². The molecule has 4 aromatic rings. The Morgan fingerprint density at radius 1 is 1.19 bits per heavy atom. The Balaban J connectivity index is 1.31. The summed E-state index contributed by atoms with van der Waals surface area (Å²) in [5, 5.41) is 11.5. The molecule has 0 saturated heterocycles. The number of hydrogen-bond acceptors (Lipinski definition) is 3. The van der Waals surface area contributed by atoms with E-state index in [0.717, 1.165) is 34.3 Å². The Kier molecular flexibility index (Phi) is 6.27. The molecular weight excluding hydrogens is 461 g/mol. The molecule has 0 aliphatic carbocycles. The molecule has 0 saturated carbocycles. The molecule has 0 bridgehead atoms. The van der Waals surface area contributed by atoms with E-state index in [-0.39, 0.29) is 11.7 Å². The van der Waals surface area contributed by atoms with E-state index in [0.29, 0.717) is 17.8 Å². The Morgan fingerprint density at radius 3 is 2.77 bits per heavy atom. The van der Waals surface area contributed by atoms with Crippen molar-refractivity contribution < 1.29 is 9.18 Å². The minimum Gasteiger partial charge on any atom is -0.342 e. The van der Waals surface area contributed by atoms with Crippen molar-refractivity contribution in [3.8, 4) is 16.9 Å². The minimum absolute atomic E-state index is 0.0755. The van der Waals surface area contributed by atoms with E-state index in [1.165, 1.54) is 12.1 Å². The summed E-state index contributed by atoms with van der Waals surface area (Å²) in [6.07, 6.45) is 4.83. The fraction of sp³-hybridized carbons (Fsp3) is 0.174. The maximum atomic E-state index is 13.4. The van der Waals surface area contributed by atoms with Crippen LogP contribution in [-0.4, -0.2) is 44.4 Å². The van der Waals surface area contributed by atoms with E-state index in [1.807, 2.05) is 36.4 Å². The van der Waals surface area contributed by atoms with Crippen LogP contribution in [-0.2, 0) is 6.42 Å². The van der Waals surface area contributed by atoms with Crippen LogP contribution in [0, 0.1) is 5.82 Å². The molecule has 0 fully saturated rings. The van der Waals surface area contributed by atoms with Gasteiger partial charge >= 0.3 is 0 Å². The number of halogens is 2. The maximum absolute atomic E-state index is 13.4. The summed E-state index contributed by atoms with van der Waals surface area (Å²) in [6, 6.07) is 16.0. The third-order valence-electron chi connectivity index (χ3n) is 4.96. The number of aromatic nitrogens is 4. The third-order valence-corrected chi connectivity index (χ3v) is 5.49. The topological polar surface area (TPSA) is 66.8 Å². The van der Waals surface area contributed by atoms with Crippen molar-refractivity contribution in [3.05, 3.63) is 88.5 Å². The molecule has 158 valence electrons. The molecule has 1 N–H and O–H groups in total. The number of carbonyl (C=O) groups excluding carboxylic acids is 1. The molecular formula is C23H21BrFN5O. The molecule has 2 aromatic carbocycles. The molecule has 0 radical (unpaired) electrons. The first kappa shape index (κ1) is 21.0. The van der Waals surface area contributed by atoms with Gasteiger partial charge in [0.15, 0.2) is 0 Å². The summed E-state index contributed by atoms with van der Waals surface area (Å²) in [4.78, 5) is 14.4. The Hall–Kier alpha value is -3.26. The number of nitrogens with one attached hydrogen (secondary N) is 1. The van der Waals surface area contributed by atoms with Gasteiger partial charge in [-0.2, -0.15) is 10.2 Å². The maximum Gasteiger partial charge on any atom is 0.256 e. The van der Waals surface area contributed by atoms with E-state index in [2.05, 4.69) is 31.2 Å². The quantitative estimate of drug-likeness (QED) is 0.409. The van der Waals surface area contributed by atoms with Crippen molar-refractivity contribution in [1.29, 1.82) is 0 Å². The fourth-order valence-electron chi connectivity index (χ4n) is 3.28. The normalized spacial score (nSPS) is 10.9. The smallest absolute Gasteiger partial charge is 0.256 e. The molecule has 0 atom stereocenters. The van der Waals surface area contributed by atoms with Gasteiger partial charge in [-0.25, -0.2) is 9.07 Å². The second kappa shape index (κ2) is 9.26. The van der Waals surface area contributed by atoms with Crippen LogP contribution in [0.4, 0.5) is 4.39 Å². The summed E-state index contributed by atoms with van der Waals surface area (Å²) in [5.41, 5.74) is 3.82. The first-order valence-electron chi connectivity index (χ1n) is 9.86. The molecule has 31 heavy (non-hydrogen) atoms. The number of H-pyrrole nitrogens is 1. The largest absolute Gasteiger partial charge is 0.342 e. The monoisotopic (exact) mass is 481 g/mol. The van der Waals surface area contributed by atoms with E-state index < -0.39 is 0 Å². The van der Waals surface area contributed by atoms with Gasteiger partial charge in [-0.15, -0.1) is 0 Å². The number of benzene rings is 2. The van der Waals surface area contributed by atoms with Gasteiger partial charge in [0.1, 0.15) is 5.82 Å². The zero-order chi connectivity index (χ0) is 21.8. The van der Waals surface area contributed by atoms with Crippen molar-refractivity contribution in [3.63, 3.8) is 0 Å². The summed E-state index contributed by atoms with van der Waals surface area (Å²) < 4.78 is 16.1. The number of amides is 1. The number of rotatable bonds is 7. The number of nitrogens with zero attached hydrogens (tertiary/aromatic N) is 4. The standard InChI is InChI=1S/C23H21BrFN5O/c1-29(23(31)17-14-26-30(15-17)21-9-7-18(24)8-10-21)11-3-6-20-13-22(28-27-20)16-4-2-5-19(25)12-16/h2,4-5,7-10,12-15H,3,6,11H2,1H3,(H,27,28). The minimum atomic E-state index is -0.286. The summed E-state index contributed by atoms with van der Waals surface area (Å²) in [6.45, 7) is 0.594. The Bertz CT molecular complexity index is 1180. The fourth-order valence-corrected chi connectivity index (χ4v) is 3.55. The van der Waals surface area contributed by atoms with Gasteiger partial charge in [0.05, 0.1) is 23.1 Å². The van der Waals surface area contributed by atoms with Crippen LogP contribution in [0.2, 0.25) is 0 Å². The van der Waals surface area contributed by atoms with Crippen LogP contribution in [0.3, 0.4) is 0 Å².